The number of hydrogen-bond donors (Lipinski definition) is 1. The van der Waals surface area contributed by atoms with E-state index in [1.165, 1.54) is 42.2 Å². The molecule has 42 heavy (non-hydrogen) atoms. The summed E-state index contributed by atoms with van der Waals surface area (Å²) in [5, 5.41) is 3.32. The van der Waals surface area contributed by atoms with Gasteiger partial charge in [-0.2, -0.15) is 0 Å². The summed E-state index contributed by atoms with van der Waals surface area (Å²) in [6.07, 6.45) is 0. The monoisotopic (exact) mass is 637 g/mol. The first kappa shape index (κ1) is 31.4. The largest absolute Gasteiger partial charge is 0.486 e. The maximum atomic E-state index is 14.0. The van der Waals surface area contributed by atoms with Gasteiger partial charge in [-0.3, -0.25) is 13.9 Å². The van der Waals surface area contributed by atoms with E-state index in [0.29, 0.717) is 17.9 Å². The molecule has 1 aliphatic heterocycles. The van der Waals surface area contributed by atoms with Crippen molar-refractivity contribution in [2.24, 2.45) is 0 Å². The summed E-state index contributed by atoms with van der Waals surface area (Å²) in [6, 6.07) is 12.4. The van der Waals surface area contributed by atoms with Crippen LogP contribution in [0.2, 0.25) is 10.0 Å². The molecule has 0 radical (unpaired) electrons. The Morgan fingerprint density at radius 2 is 1.57 bits per heavy atom. The molecule has 1 aliphatic rings. The standard InChI is InChI=1S/C29H30Cl2FN3O6S/c1-18(2)33-29(37)19(3)34(16-23-24(30)5-4-6-25(23)31)28(36)17-35(21-9-7-20(32)8-10-21)42(38,39)22-11-12-26-27(15-22)41-14-13-40-26/h4-12,15,18-19H,13-14,16-17H2,1-3H3,(H,33,37)/t19-/m1/s1. The van der Waals surface area contributed by atoms with Crippen molar-refractivity contribution in [1.82, 2.24) is 10.2 Å². The lowest BCUT2D eigenvalue weighted by atomic mass is 10.1. The lowest BCUT2D eigenvalue weighted by Crippen LogP contribution is -2.52. The van der Waals surface area contributed by atoms with E-state index in [1.54, 1.807) is 32.0 Å². The van der Waals surface area contributed by atoms with E-state index in [1.807, 2.05) is 0 Å². The van der Waals surface area contributed by atoms with Crippen LogP contribution in [0.25, 0.3) is 0 Å². The van der Waals surface area contributed by atoms with Gasteiger partial charge >= 0.3 is 0 Å². The Labute approximate surface area is 254 Å². The number of halogens is 3. The first-order valence-corrected chi connectivity index (χ1v) is 15.3. The minimum atomic E-state index is -4.41. The number of benzene rings is 3. The number of fused-ring (bicyclic) bond motifs is 1. The van der Waals surface area contributed by atoms with Crippen LogP contribution in [0.5, 0.6) is 11.5 Å². The van der Waals surface area contributed by atoms with E-state index in [0.717, 1.165) is 16.4 Å². The molecule has 0 saturated heterocycles. The van der Waals surface area contributed by atoms with Crippen molar-refractivity contribution in [2.45, 2.75) is 44.3 Å². The third-order valence-electron chi connectivity index (χ3n) is 6.48. The summed E-state index contributed by atoms with van der Waals surface area (Å²) in [5.41, 5.74) is 0.427. The topological polar surface area (TPSA) is 105 Å². The van der Waals surface area contributed by atoms with Crippen molar-refractivity contribution in [3.8, 4) is 11.5 Å². The van der Waals surface area contributed by atoms with Gasteiger partial charge in [-0.25, -0.2) is 12.8 Å². The molecular formula is C29H30Cl2FN3O6S. The van der Waals surface area contributed by atoms with Crippen LogP contribution < -0.4 is 19.1 Å². The lowest BCUT2D eigenvalue weighted by molar-refractivity contribution is -0.139. The zero-order valence-electron chi connectivity index (χ0n) is 23.1. The van der Waals surface area contributed by atoms with E-state index in [9.17, 15) is 22.4 Å². The van der Waals surface area contributed by atoms with E-state index in [-0.39, 0.29) is 45.6 Å². The number of carbonyl (C=O) groups excluding carboxylic acids is 2. The van der Waals surface area contributed by atoms with Crippen LogP contribution in [-0.2, 0) is 26.2 Å². The number of carbonyl (C=O) groups is 2. The highest BCUT2D eigenvalue weighted by atomic mass is 35.5. The van der Waals surface area contributed by atoms with Gasteiger partial charge in [-0.05, 0) is 69.3 Å². The molecule has 0 spiro atoms. The Kier molecular flexibility index (Phi) is 9.85. The number of nitrogens with zero attached hydrogens (tertiary/aromatic N) is 2. The molecule has 0 saturated carbocycles. The van der Waals surface area contributed by atoms with Crippen LogP contribution in [0.3, 0.4) is 0 Å². The maximum Gasteiger partial charge on any atom is 0.264 e. The Bertz CT molecular complexity index is 1550. The summed E-state index contributed by atoms with van der Waals surface area (Å²) >= 11 is 12.8. The minimum Gasteiger partial charge on any atom is -0.486 e. The first-order chi connectivity index (χ1) is 19.9. The molecule has 0 aromatic heterocycles. The highest BCUT2D eigenvalue weighted by molar-refractivity contribution is 7.92. The predicted molar refractivity (Wildman–Crippen MR) is 158 cm³/mol. The molecule has 1 heterocycles. The molecule has 3 aromatic carbocycles. The Hall–Kier alpha value is -3.54. The molecule has 9 nitrogen and oxygen atoms in total. The molecule has 2 amide bonds. The molecule has 13 heteroatoms. The quantitative estimate of drug-likeness (QED) is 0.334. The molecule has 0 bridgehead atoms. The fraction of sp³-hybridized carbons (Fsp3) is 0.310. The van der Waals surface area contributed by atoms with E-state index in [4.69, 9.17) is 32.7 Å². The highest BCUT2D eigenvalue weighted by Gasteiger charge is 2.34. The van der Waals surface area contributed by atoms with Crippen molar-refractivity contribution in [3.63, 3.8) is 0 Å². The van der Waals surface area contributed by atoms with Crippen LogP contribution in [0.1, 0.15) is 26.3 Å². The fourth-order valence-corrected chi connectivity index (χ4v) is 6.24. The number of nitrogens with one attached hydrogen (secondary N) is 1. The number of anilines is 1. The third-order valence-corrected chi connectivity index (χ3v) is 8.96. The summed E-state index contributed by atoms with van der Waals surface area (Å²) in [5.74, 6) is -1.14. The molecule has 4 rings (SSSR count). The van der Waals surface area contributed by atoms with Gasteiger partial charge in [0.2, 0.25) is 11.8 Å². The number of amides is 2. The Morgan fingerprint density at radius 1 is 0.952 bits per heavy atom. The van der Waals surface area contributed by atoms with Crippen LogP contribution in [0.15, 0.2) is 65.6 Å². The molecule has 0 unspecified atom stereocenters. The molecule has 0 aliphatic carbocycles. The summed E-state index contributed by atoms with van der Waals surface area (Å²) in [4.78, 5) is 28.1. The van der Waals surface area contributed by atoms with Gasteiger partial charge in [0, 0.05) is 34.3 Å². The normalized spacial score (nSPS) is 13.4. The highest BCUT2D eigenvalue weighted by Crippen LogP contribution is 2.34. The van der Waals surface area contributed by atoms with Crippen molar-refractivity contribution < 1.29 is 31.9 Å². The van der Waals surface area contributed by atoms with Crippen molar-refractivity contribution >= 4 is 50.7 Å². The van der Waals surface area contributed by atoms with Gasteiger partial charge in [0.1, 0.15) is 31.6 Å². The SMILES string of the molecule is CC(C)NC(=O)[C@@H](C)N(Cc1c(Cl)cccc1Cl)C(=O)CN(c1ccc(F)cc1)S(=O)(=O)c1ccc2c(c1)OCCO2. The minimum absolute atomic E-state index is 0.0367. The van der Waals surface area contributed by atoms with E-state index < -0.39 is 40.2 Å². The number of hydrogen-bond acceptors (Lipinski definition) is 6. The van der Waals surface area contributed by atoms with Gasteiger partial charge in [-0.15, -0.1) is 0 Å². The number of ether oxygens (including phenoxy) is 2. The molecule has 3 aromatic rings. The van der Waals surface area contributed by atoms with Gasteiger partial charge in [-0.1, -0.05) is 29.3 Å². The number of sulfonamides is 1. The van der Waals surface area contributed by atoms with Crippen LogP contribution >= 0.6 is 23.2 Å². The zero-order chi connectivity index (χ0) is 30.6. The Morgan fingerprint density at radius 3 is 2.19 bits per heavy atom. The Balaban J connectivity index is 1.75. The number of rotatable bonds is 10. The van der Waals surface area contributed by atoms with Gasteiger partial charge < -0.3 is 19.7 Å². The molecule has 0 fully saturated rings. The second-order valence-electron chi connectivity index (χ2n) is 9.85. The zero-order valence-corrected chi connectivity index (χ0v) is 25.5. The molecule has 1 atom stereocenters. The second-order valence-corrected chi connectivity index (χ2v) is 12.5. The van der Waals surface area contributed by atoms with Gasteiger partial charge in [0.25, 0.3) is 10.0 Å². The molecule has 1 N–H and O–H groups in total. The van der Waals surface area contributed by atoms with Crippen molar-refractivity contribution in [2.75, 3.05) is 24.1 Å². The van der Waals surface area contributed by atoms with Crippen molar-refractivity contribution in [3.05, 3.63) is 82.1 Å². The van der Waals surface area contributed by atoms with E-state index >= 15 is 0 Å². The fourth-order valence-electron chi connectivity index (χ4n) is 4.29. The third kappa shape index (κ3) is 7.08. The summed E-state index contributed by atoms with van der Waals surface area (Å²) < 4.78 is 53.8. The van der Waals surface area contributed by atoms with Crippen LogP contribution in [0.4, 0.5) is 10.1 Å². The van der Waals surface area contributed by atoms with Gasteiger partial charge in [0.15, 0.2) is 11.5 Å². The summed E-state index contributed by atoms with van der Waals surface area (Å²) in [7, 11) is -4.41. The smallest absolute Gasteiger partial charge is 0.264 e. The van der Waals surface area contributed by atoms with Crippen LogP contribution in [0, 0.1) is 5.82 Å². The first-order valence-electron chi connectivity index (χ1n) is 13.1. The average Bonchev–Trinajstić information content (AvgIpc) is 2.95. The molecule has 224 valence electrons. The lowest BCUT2D eigenvalue weighted by Gasteiger charge is -2.32. The average molecular weight is 639 g/mol. The van der Waals surface area contributed by atoms with E-state index in [2.05, 4.69) is 5.32 Å². The second kappa shape index (κ2) is 13.2. The van der Waals surface area contributed by atoms with Gasteiger partial charge in [0.05, 0.1) is 10.6 Å². The maximum absolute atomic E-state index is 14.0. The van der Waals surface area contributed by atoms with Crippen molar-refractivity contribution in [1.29, 1.82) is 0 Å². The molecular weight excluding hydrogens is 608 g/mol. The van der Waals surface area contributed by atoms with Crippen LogP contribution in [-0.4, -0.2) is 57.0 Å². The summed E-state index contributed by atoms with van der Waals surface area (Å²) in [6.45, 7) is 4.75. The predicted octanol–water partition coefficient (Wildman–Crippen LogP) is 5.04.